The number of nitrogens with zero attached hydrogens (tertiary/aromatic N) is 1. The van der Waals surface area contributed by atoms with Crippen LogP contribution in [0, 0.1) is 6.92 Å². The number of hydrogen-bond donors (Lipinski definition) is 2. The molecule has 0 unspecified atom stereocenters. The van der Waals surface area contributed by atoms with E-state index in [1.165, 1.54) is 5.56 Å². The summed E-state index contributed by atoms with van der Waals surface area (Å²) in [4.78, 5) is 13.1. The molecule has 0 heterocycles. The molecule has 0 saturated carbocycles. The summed E-state index contributed by atoms with van der Waals surface area (Å²) >= 11 is 0. The van der Waals surface area contributed by atoms with Crippen LogP contribution in [0.15, 0.2) is 42.5 Å². The van der Waals surface area contributed by atoms with Gasteiger partial charge in [0, 0.05) is 17.9 Å². The van der Waals surface area contributed by atoms with Gasteiger partial charge in [0.15, 0.2) is 0 Å². The summed E-state index contributed by atoms with van der Waals surface area (Å²) in [7, 11) is 4.07. The number of hydrogen-bond acceptors (Lipinski definition) is 3. The van der Waals surface area contributed by atoms with Gasteiger partial charge < -0.3 is 15.3 Å². The molecular formula is C17H20N2O2. The van der Waals surface area contributed by atoms with Gasteiger partial charge in [-0.2, -0.15) is 0 Å². The SMILES string of the molecule is Cc1ccc(C(=O)O)cc1Nc1ccc(CN(C)C)cc1. The molecule has 4 nitrogen and oxygen atoms in total. The Balaban J connectivity index is 2.18. The van der Waals surface area contributed by atoms with Gasteiger partial charge in [0.2, 0.25) is 0 Å². The molecular weight excluding hydrogens is 264 g/mol. The van der Waals surface area contributed by atoms with Crippen molar-refractivity contribution in [2.24, 2.45) is 0 Å². The van der Waals surface area contributed by atoms with Crippen LogP contribution in [0.2, 0.25) is 0 Å². The van der Waals surface area contributed by atoms with E-state index in [-0.39, 0.29) is 5.56 Å². The summed E-state index contributed by atoms with van der Waals surface area (Å²) < 4.78 is 0. The third-order valence-electron chi connectivity index (χ3n) is 3.22. The molecule has 0 aliphatic rings. The topological polar surface area (TPSA) is 52.6 Å². The van der Waals surface area contributed by atoms with Crippen molar-refractivity contribution in [3.63, 3.8) is 0 Å². The zero-order valence-electron chi connectivity index (χ0n) is 12.6. The van der Waals surface area contributed by atoms with Gasteiger partial charge in [-0.25, -0.2) is 4.79 Å². The highest BCUT2D eigenvalue weighted by Crippen LogP contribution is 2.22. The maximum absolute atomic E-state index is 11.0. The second kappa shape index (κ2) is 6.41. The first-order valence-electron chi connectivity index (χ1n) is 6.80. The zero-order valence-corrected chi connectivity index (χ0v) is 12.6. The van der Waals surface area contributed by atoms with E-state index >= 15 is 0 Å². The molecule has 0 amide bonds. The molecule has 0 saturated heterocycles. The molecule has 0 atom stereocenters. The van der Waals surface area contributed by atoms with E-state index in [4.69, 9.17) is 5.11 Å². The van der Waals surface area contributed by atoms with E-state index in [1.807, 2.05) is 39.2 Å². The Morgan fingerprint density at radius 3 is 2.38 bits per heavy atom. The molecule has 4 heteroatoms. The molecule has 110 valence electrons. The first kappa shape index (κ1) is 15.1. The number of carboxylic acid groups (broad SMARTS) is 1. The van der Waals surface area contributed by atoms with Crippen LogP contribution in [-0.2, 0) is 6.54 Å². The average Bonchev–Trinajstić information content (AvgIpc) is 2.42. The molecule has 2 N–H and O–H groups in total. The van der Waals surface area contributed by atoms with E-state index in [1.54, 1.807) is 12.1 Å². The van der Waals surface area contributed by atoms with Crippen molar-refractivity contribution in [1.29, 1.82) is 0 Å². The average molecular weight is 284 g/mol. The molecule has 21 heavy (non-hydrogen) atoms. The predicted molar refractivity (Wildman–Crippen MR) is 85.3 cm³/mol. The first-order chi connectivity index (χ1) is 9.95. The fourth-order valence-electron chi connectivity index (χ4n) is 2.10. The lowest BCUT2D eigenvalue weighted by atomic mass is 10.1. The van der Waals surface area contributed by atoms with Crippen molar-refractivity contribution in [1.82, 2.24) is 4.90 Å². The minimum atomic E-state index is -0.917. The van der Waals surface area contributed by atoms with Crippen LogP contribution in [0.3, 0.4) is 0 Å². The molecule has 0 bridgehead atoms. The number of aryl methyl sites for hydroxylation is 1. The Hall–Kier alpha value is -2.33. The van der Waals surface area contributed by atoms with Gasteiger partial charge in [-0.3, -0.25) is 0 Å². The lowest BCUT2D eigenvalue weighted by Crippen LogP contribution is -2.10. The van der Waals surface area contributed by atoms with Crippen molar-refractivity contribution in [3.05, 3.63) is 59.2 Å². The third-order valence-corrected chi connectivity index (χ3v) is 3.22. The van der Waals surface area contributed by atoms with Crippen molar-refractivity contribution < 1.29 is 9.90 Å². The maximum Gasteiger partial charge on any atom is 0.335 e. The van der Waals surface area contributed by atoms with Crippen LogP contribution in [0.1, 0.15) is 21.5 Å². The largest absolute Gasteiger partial charge is 0.478 e. The maximum atomic E-state index is 11.0. The number of benzene rings is 2. The Bertz CT molecular complexity index is 634. The van der Waals surface area contributed by atoms with Crippen LogP contribution >= 0.6 is 0 Å². The summed E-state index contributed by atoms with van der Waals surface area (Å²) in [6.45, 7) is 2.85. The smallest absolute Gasteiger partial charge is 0.335 e. The number of anilines is 2. The van der Waals surface area contributed by atoms with E-state index in [2.05, 4.69) is 22.3 Å². The van der Waals surface area contributed by atoms with E-state index < -0.39 is 5.97 Å². The highest BCUT2D eigenvalue weighted by Gasteiger charge is 2.06. The second-order valence-corrected chi connectivity index (χ2v) is 5.39. The molecule has 0 radical (unpaired) electrons. The van der Waals surface area contributed by atoms with Gasteiger partial charge in [-0.1, -0.05) is 18.2 Å². The number of nitrogens with one attached hydrogen (secondary N) is 1. The molecule has 2 aromatic carbocycles. The lowest BCUT2D eigenvalue weighted by Gasteiger charge is -2.13. The fraction of sp³-hybridized carbons (Fsp3) is 0.235. The van der Waals surface area contributed by atoms with Crippen LogP contribution in [0.5, 0.6) is 0 Å². The Morgan fingerprint density at radius 1 is 1.14 bits per heavy atom. The molecule has 0 aliphatic heterocycles. The summed E-state index contributed by atoms with van der Waals surface area (Å²) in [6.07, 6.45) is 0. The highest BCUT2D eigenvalue weighted by atomic mass is 16.4. The van der Waals surface area contributed by atoms with E-state index in [0.717, 1.165) is 23.5 Å². The van der Waals surface area contributed by atoms with Gasteiger partial charge in [-0.05, 0) is 56.4 Å². The van der Waals surface area contributed by atoms with Crippen LogP contribution < -0.4 is 5.32 Å². The summed E-state index contributed by atoms with van der Waals surface area (Å²) in [5, 5.41) is 12.3. The van der Waals surface area contributed by atoms with Crippen molar-refractivity contribution in [2.45, 2.75) is 13.5 Å². The van der Waals surface area contributed by atoms with Gasteiger partial charge in [0.05, 0.1) is 5.56 Å². The Morgan fingerprint density at radius 2 is 1.81 bits per heavy atom. The molecule has 0 fully saturated rings. The van der Waals surface area contributed by atoms with Gasteiger partial charge in [0.25, 0.3) is 0 Å². The Labute approximate surface area is 125 Å². The van der Waals surface area contributed by atoms with Gasteiger partial charge in [-0.15, -0.1) is 0 Å². The quantitative estimate of drug-likeness (QED) is 0.882. The van der Waals surface area contributed by atoms with Crippen molar-refractivity contribution in [2.75, 3.05) is 19.4 Å². The second-order valence-electron chi connectivity index (χ2n) is 5.39. The minimum Gasteiger partial charge on any atom is -0.478 e. The van der Waals surface area contributed by atoms with E-state index in [0.29, 0.717) is 0 Å². The van der Waals surface area contributed by atoms with E-state index in [9.17, 15) is 4.79 Å². The van der Waals surface area contributed by atoms with Crippen molar-refractivity contribution >= 4 is 17.3 Å². The van der Waals surface area contributed by atoms with Gasteiger partial charge >= 0.3 is 5.97 Å². The molecule has 2 aromatic rings. The van der Waals surface area contributed by atoms with Crippen LogP contribution in [0.25, 0.3) is 0 Å². The number of carboxylic acids is 1. The molecule has 0 aromatic heterocycles. The minimum absolute atomic E-state index is 0.285. The monoisotopic (exact) mass is 284 g/mol. The lowest BCUT2D eigenvalue weighted by molar-refractivity contribution is 0.0697. The Kier molecular flexibility index (Phi) is 4.60. The standard InChI is InChI=1S/C17H20N2O2/c1-12-4-7-14(17(20)21)10-16(12)18-15-8-5-13(6-9-15)11-19(2)3/h4-10,18H,11H2,1-3H3,(H,20,21). The van der Waals surface area contributed by atoms with Crippen LogP contribution in [0.4, 0.5) is 11.4 Å². The summed E-state index contributed by atoms with van der Waals surface area (Å²) in [5.41, 5.74) is 4.30. The predicted octanol–water partition coefficient (Wildman–Crippen LogP) is 3.50. The zero-order chi connectivity index (χ0) is 15.4. The highest BCUT2D eigenvalue weighted by molar-refractivity contribution is 5.89. The number of aromatic carboxylic acids is 1. The third kappa shape index (κ3) is 4.07. The molecule has 0 spiro atoms. The fourth-order valence-corrected chi connectivity index (χ4v) is 2.10. The number of rotatable bonds is 5. The van der Waals surface area contributed by atoms with Crippen molar-refractivity contribution in [3.8, 4) is 0 Å². The number of carbonyl (C=O) groups is 1. The van der Waals surface area contributed by atoms with Crippen LogP contribution in [-0.4, -0.2) is 30.1 Å². The van der Waals surface area contributed by atoms with Gasteiger partial charge in [0.1, 0.15) is 0 Å². The normalized spacial score (nSPS) is 10.7. The summed E-state index contributed by atoms with van der Waals surface area (Å²) in [5.74, 6) is -0.917. The molecule has 2 rings (SSSR count). The first-order valence-corrected chi connectivity index (χ1v) is 6.80. The summed E-state index contributed by atoms with van der Waals surface area (Å²) in [6, 6.07) is 13.2. The molecule has 0 aliphatic carbocycles.